The van der Waals surface area contributed by atoms with Crippen LogP contribution in [0.15, 0.2) is 42.6 Å². The van der Waals surface area contributed by atoms with Crippen LogP contribution < -0.4 is 15.4 Å². The van der Waals surface area contributed by atoms with Gasteiger partial charge in [-0.3, -0.25) is 5.32 Å². The number of urea groups is 1. The van der Waals surface area contributed by atoms with Gasteiger partial charge in [0.2, 0.25) is 0 Å². The van der Waals surface area contributed by atoms with Crippen molar-refractivity contribution in [3.8, 4) is 5.75 Å². The molecule has 2 rings (SSSR count). The number of carbonyl (C=O) groups is 1. The highest BCUT2D eigenvalue weighted by Crippen LogP contribution is 2.12. The average Bonchev–Trinajstić information content (AvgIpc) is 2.50. The molecule has 0 unspecified atom stereocenters. The fourth-order valence-corrected chi connectivity index (χ4v) is 1.85. The fraction of sp³-hybridized carbons (Fsp3) is 0.250. The molecule has 0 radical (unpaired) electrons. The van der Waals surface area contributed by atoms with Crippen molar-refractivity contribution in [2.45, 2.75) is 13.3 Å². The summed E-state index contributed by atoms with van der Waals surface area (Å²) in [5.74, 6) is 1.36. The van der Waals surface area contributed by atoms with E-state index in [0.717, 1.165) is 23.3 Å². The van der Waals surface area contributed by atoms with Crippen molar-refractivity contribution in [3.05, 3.63) is 53.7 Å². The number of hydrogen-bond acceptors (Lipinski definition) is 3. The molecule has 0 aliphatic heterocycles. The highest BCUT2D eigenvalue weighted by atomic mass is 16.5. The number of rotatable bonds is 5. The Bertz CT molecular complexity index is 597. The number of ether oxygens (including phenoxy) is 1. The van der Waals surface area contributed by atoms with Crippen molar-refractivity contribution < 1.29 is 9.53 Å². The van der Waals surface area contributed by atoms with Crippen molar-refractivity contribution in [1.82, 2.24) is 10.3 Å². The lowest BCUT2D eigenvalue weighted by atomic mass is 10.1. The number of nitrogens with zero attached hydrogens (tertiary/aromatic N) is 1. The molecule has 0 fully saturated rings. The molecule has 110 valence electrons. The van der Waals surface area contributed by atoms with E-state index < -0.39 is 0 Å². The van der Waals surface area contributed by atoms with Gasteiger partial charge in [0, 0.05) is 12.7 Å². The van der Waals surface area contributed by atoms with E-state index in [1.54, 1.807) is 19.4 Å². The number of anilines is 1. The van der Waals surface area contributed by atoms with E-state index in [-0.39, 0.29) is 6.03 Å². The number of hydrogen-bond donors (Lipinski definition) is 2. The van der Waals surface area contributed by atoms with Gasteiger partial charge >= 0.3 is 6.03 Å². The number of amides is 2. The quantitative estimate of drug-likeness (QED) is 0.888. The molecule has 0 aliphatic carbocycles. The van der Waals surface area contributed by atoms with Gasteiger partial charge < -0.3 is 10.1 Å². The van der Waals surface area contributed by atoms with Crippen molar-refractivity contribution in [2.75, 3.05) is 19.0 Å². The molecule has 0 aliphatic rings. The van der Waals surface area contributed by atoms with Crippen molar-refractivity contribution in [2.24, 2.45) is 0 Å². The third-order valence-corrected chi connectivity index (χ3v) is 2.99. The molecule has 0 spiro atoms. The first kappa shape index (κ1) is 14.8. The Morgan fingerprint density at radius 1 is 1.29 bits per heavy atom. The Morgan fingerprint density at radius 3 is 2.86 bits per heavy atom. The molecule has 1 aromatic heterocycles. The van der Waals surface area contributed by atoms with Crippen molar-refractivity contribution >= 4 is 11.8 Å². The topological polar surface area (TPSA) is 63.2 Å². The molecule has 0 atom stereocenters. The first-order valence-electron chi connectivity index (χ1n) is 6.78. The monoisotopic (exact) mass is 285 g/mol. The van der Waals surface area contributed by atoms with Crippen LogP contribution in [0.3, 0.4) is 0 Å². The zero-order chi connectivity index (χ0) is 15.1. The SMILES string of the molecule is COc1cccc(CCNC(=O)Nc2ccc(C)cn2)c1. The summed E-state index contributed by atoms with van der Waals surface area (Å²) in [5.41, 5.74) is 2.17. The summed E-state index contributed by atoms with van der Waals surface area (Å²) >= 11 is 0. The second-order valence-corrected chi connectivity index (χ2v) is 4.70. The molecule has 1 aromatic carbocycles. The average molecular weight is 285 g/mol. The van der Waals surface area contributed by atoms with Gasteiger partial charge in [-0.25, -0.2) is 9.78 Å². The second kappa shape index (κ2) is 7.28. The molecule has 0 saturated carbocycles. The minimum absolute atomic E-state index is 0.255. The second-order valence-electron chi connectivity index (χ2n) is 4.70. The van der Waals surface area contributed by atoms with E-state index in [9.17, 15) is 4.79 Å². The van der Waals surface area contributed by atoms with E-state index in [1.807, 2.05) is 37.3 Å². The van der Waals surface area contributed by atoms with E-state index in [2.05, 4.69) is 15.6 Å². The molecule has 0 bridgehead atoms. The van der Waals surface area contributed by atoms with Crippen LogP contribution >= 0.6 is 0 Å². The largest absolute Gasteiger partial charge is 0.497 e. The van der Waals surface area contributed by atoms with Gasteiger partial charge in [-0.15, -0.1) is 0 Å². The highest BCUT2D eigenvalue weighted by molar-refractivity contribution is 5.88. The number of aryl methyl sites for hydroxylation is 1. The number of aromatic nitrogens is 1. The Balaban J connectivity index is 1.77. The van der Waals surface area contributed by atoms with Gasteiger partial charge in [-0.1, -0.05) is 18.2 Å². The number of carbonyl (C=O) groups excluding carboxylic acids is 1. The maximum atomic E-state index is 11.7. The molecule has 0 saturated heterocycles. The molecule has 2 aromatic rings. The Kier molecular flexibility index (Phi) is 5.15. The number of benzene rings is 1. The summed E-state index contributed by atoms with van der Waals surface area (Å²) < 4.78 is 5.16. The van der Waals surface area contributed by atoms with E-state index in [1.165, 1.54) is 0 Å². The van der Waals surface area contributed by atoms with Crippen molar-refractivity contribution in [1.29, 1.82) is 0 Å². The van der Waals surface area contributed by atoms with Crippen LogP contribution in [-0.2, 0) is 6.42 Å². The summed E-state index contributed by atoms with van der Waals surface area (Å²) in [5, 5.41) is 5.49. The number of pyridine rings is 1. The van der Waals surface area contributed by atoms with Crippen LogP contribution in [0.5, 0.6) is 5.75 Å². The summed E-state index contributed by atoms with van der Waals surface area (Å²) in [6.45, 7) is 2.50. The first-order valence-corrected chi connectivity index (χ1v) is 6.78. The van der Waals surface area contributed by atoms with Crippen molar-refractivity contribution in [3.63, 3.8) is 0 Å². The summed E-state index contributed by atoms with van der Waals surface area (Å²) in [7, 11) is 1.64. The van der Waals surface area contributed by atoms with E-state index in [0.29, 0.717) is 12.4 Å². The number of methoxy groups -OCH3 is 1. The lowest BCUT2D eigenvalue weighted by Crippen LogP contribution is -2.30. The molecule has 5 nitrogen and oxygen atoms in total. The minimum Gasteiger partial charge on any atom is -0.497 e. The van der Waals surface area contributed by atoms with Crippen LogP contribution in [0.2, 0.25) is 0 Å². The van der Waals surface area contributed by atoms with E-state index in [4.69, 9.17) is 4.74 Å². The van der Waals surface area contributed by atoms with Gasteiger partial charge in [0.25, 0.3) is 0 Å². The Morgan fingerprint density at radius 2 is 2.14 bits per heavy atom. The van der Waals surface area contributed by atoms with E-state index >= 15 is 0 Å². The normalized spacial score (nSPS) is 10.0. The van der Waals surface area contributed by atoms with Gasteiger partial charge in [-0.2, -0.15) is 0 Å². The fourth-order valence-electron chi connectivity index (χ4n) is 1.85. The van der Waals surface area contributed by atoms with Gasteiger partial charge in [0.1, 0.15) is 11.6 Å². The smallest absolute Gasteiger partial charge is 0.320 e. The minimum atomic E-state index is -0.255. The maximum Gasteiger partial charge on any atom is 0.320 e. The lowest BCUT2D eigenvalue weighted by molar-refractivity contribution is 0.252. The van der Waals surface area contributed by atoms with Crippen LogP contribution in [0.25, 0.3) is 0 Å². The number of nitrogens with one attached hydrogen (secondary N) is 2. The predicted octanol–water partition coefficient (Wildman–Crippen LogP) is 2.76. The molecular weight excluding hydrogens is 266 g/mol. The lowest BCUT2D eigenvalue weighted by Gasteiger charge is -2.08. The standard InChI is InChI=1S/C16H19N3O2/c1-12-6-7-15(18-11-12)19-16(20)17-9-8-13-4-3-5-14(10-13)21-2/h3-7,10-11H,8-9H2,1-2H3,(H2,17,18,19,20). The third kappa shape index (κ3) is 4.80. The predicted molar refractivity (Wildman–Crippen MR) is 82.7 cm³/mol. The van der Waals surface area contributed by atoms with Crippen LogP contribution in [0, 0.1) is 6.92 Å². The molecular formula is C16H19N3O2. The Labute approximate surface area is 124 Å². The summed E-state index contributed by atoms with van der Waals surface area (Å²) in [6, 6.07) is 11.2. The molecule has 2 N–H and O–H groups in total. The summed E-state index contributed by atoms with van der Waals surface area (Å²) in [4.78, 5) is 15.8. The Hall–Kier alpha value is -2.56. The maximum absolute atomic E-state index is 11.7. The molecule has 21 heavy (non-hydrogen) atoms. The highest BCUT2D eigenvalue weighted by Gasteiger charge is 2.02. The molecule has 5 heteroatoms. The van der Waals surface area contributed by atoms with Gasteiger partial charge in [-0.05, 0) is 42.7 Å². The van der Waals surface area contributed by atoms with Crippen LogP contribution in [0.1, 0.15) is 11.1 Å². The van der Waals surface area contributed by atoms with Gasteiger partial charge in [0.15, 0.2) is 0 Å². The van der Waals surface area contributed by atoms with Crippen LogP contribution in [0.4, 0.5) is 10.6 Å². The van der Waals surface area contributed by atoms with Crippen LogP contribution in [-0.4, -0.2) is 24.7 Å². The third-order valence-electron chi connectivity index (χ3n) is 2.99. The van der Waals surface area contributed by atoms with Gasteiger partial charge in [0.05, 0.1) is 7.11 Å². The molecule has 1 heterocycles. The summed E-state index contributed by atoms with van der Waals surface area (Å²) in [6.07, 6.45) is 2.46. The molecule has 2 amide bonds. The first-order chi connectivity index (χ1) is 10.2. The zero-order valence-electron chi connectivity index (χ0n) is 12.2. The zero-order valence-corrected chi connectivity index (χ0v) is 12.2.